The Balaban J connectivity index is 3.07. The number of aliphatic hydroxyl groups excluding tert-OH is 1. The molecule has 70 valence electrons. The average Bonchev–Trinajstić information content (AvgIpc) is 2.15. The Bertz CT molecular complexity index is 307. The SMILES string of the molecule is C=CC(C)c1cc(Cl)cc(CO)c1. The maximum Gasteiger partial charge on any atom is 0.0682 e. The van der Waals surface area contributed by atoms with Crippen molar-refractivity contribution < 1.29 is 5.11 Å². The highest BCUT2D eigenvalue weighted by Gasteiger charge is 2.03. The molecule has 1 aromatic rings. The number of benzene rings is 1. The Morgan fingerprint density at radius 2 is 2.23 bits per heavy atom. The molecule has 1 unspecified atom stereocenters. The highest BCUT2D eigenvalue weighted by Crippen LogP contribution is 2.22. The zero-order chi connectivity index (χ0) is 9.84. The summed E-state index contributed by atoms with van der Waals surface area (Å²) < 4.78 is 0. The van der Waals surface area contributed by atoms with Gasteiger partial charge in [0.2, 0.25) is 0 Å². The van der Waals surface area contributed by atoms with Crippen LogP contribution < -0.4 is 0 Å². The van der Waals surface area contributed by atoms with Crippen LogP contribution in [0.25, 0.3) is 0 Å². The third-order valence-electron chi connectivity index (χ3n) is 2.04. The van der Waals surface area contributed by atoms with Gasteiger partial charge in [-0.1, -0.05) is 30.7 Å². The minimum absolute atomic E-state index is 0.0252. The zero-order valence-corrected chi connectivity index (χ0v) is 8.38. The van der Waals surface area contributed by atoms with Gasteiger partial charge in [-0.15, -0.1) is 6.58 Å². The number of hydrogen-bond donors (Lipinski definition) is 1. The monoisotopic (exact) mass is 196 g/mol. The van der Waals surface area contributed by atoms with Gasteiger partial charge in [0.25, 0.3) is 0 Å². The number of allylic oxidation sites excluding steroid dienone is 1. The van der Waals surface area contributed by atoms with Crippen molar-refractivity contribution in [3.63, 3.8) is 0 Å². The fraction of sp³-hybridized carbons (Fsp3) is 0.273. The fourth-order valence-electron chi connectivity index (χ4n) is 1.17. The minimum Gasteiger partial charge on any atom is -0.392 e. The molecule has 0 fully saturated rings. The molecule has 0 saturated heterocycles. The van der Waals surface area contributed by atoms with Crippen LogP contribution in [0.2, 0.25) is 5.02 Å². The normalized spacial score (nSPS) is 12.5. The molecule has 1 N–H and O–H groups in total. The van der Waals surface area contributed by atoms with Crippen LogP contribution in [0.5, 0.6) is 0 Å². The lowest BCUT2D eigenvalue weighted by Crippen LogP contribution is -1.92. The molecule has 0 saturated carbocycles. The van der Waals surface area contributed by atoms with E-state index in [0.717, 1.165) is 11.1 Å². The molecule has 0 aromatic heterocycles. The molecule has 2 heteroatoms. The van der Waals surface area contributed by atoms with E-state index in [4.69, 9.17) is 16.7 Å². The van der Waals surface area contributed by atoms with E-state index < -0.39 is 0 Å². The van der Waals surface area contributed by atoms with Crippen LogP contribution in [0, 0.1) is 0 Å². The van der Waals surface area contributed by atoms with E-state index in [1.807, 2.05) is 25.1 Å². The molecule has 0 amide bonds. The van der Waals surface area contributed by atoms with Crippen molar-refractivity contribution in [2.24, 2.45) is 0 Å². The second-order valence-corrected chi connectivity index (χ2v) is 3.51. The Kier molecular flexibility index (Phi) is 3.52. The van der Waals surface area contributed by atoms with Gasteiger partial charge in [-0.3, -0.25) is 0 Å². The molecule has 1 rings (SSSR count). The summed E-state index contributed by atoms with van der Waals surface area (Å²) in [6.45, 7) is 5.78. The van der Waals surface area contributed by atoms with E-state index in [0.29, 0.717) is 5.02 Å². The molecule has 0 aliphatic carbocycles. The molecule has 13 heavy (non-hydrogen) atoms. The topological polar surface area (TPSA) is 20.2 Å². The molecule has 0 aliphatic rings. The van der Waals surface area contributed by atoms with Gasteiger partial charge in [0.1, 0.15) is 0 Å². The highest BCUT2D eigenvalue weighted by atomic mass is 35.5. The van der Waals surface area contributed by atoms with Crippen molar-refractivity contribution >= 4 is 11.6 Å². The lowest BCUT2D eigenvalue weighted by atomic mass is 9.99. The molecule has 1 atom stereocenters. The predicted octanol–water partition coefficient (Wildman–Crippen LogP) is 3.12. The first-order valence-corrected chi connectivity index (χ1v) is 4.58. The lowest BCUT2D eigenvalue weighted by Gasteiger charge is -2.08. The minimum atomic E-state index is 0.0252. The summed E-state index contributed by atoms with van der Waals surface area (Å²) in [7, 11) is 0. The molecule has 1 aromatic carbocycles. The predicted molar refractivity (Wildman–Crippen MR) is 56.0 cm³/mol. The number of aliphatic hydroxyl groups is 1. The van der Waals surface area contributed by atoms with Crippen molar-refractivity contribution in [1.29, 1.82) is 0 Å². The summed E-state index contributed by atoms with van der Waals surface area (Å²) in [5, 5.41) is 9.62. The van der Waals surface area contributed by atoms with Crippen LogP contribution in [0.4, 0.5) is 0 Å². The van der Waals surface area contributed by atoms with Crippen molar-refractivity contribution in [3.05, 3.63) is 47.0 Å². The molecule has 1 nitrogen and oxygen atoms in total. The zero-order valence-electron chi connectivity index (χ0n) is 7.63. The quantitative estimate of drug-likeness (QED) is 0.737. The summed E-state index contributed by atoms with van der Waals surface area (Å²) in [5.41, 5.74) is 1.93. The molecule has 0 spiro atoms. The molecule has 0 heterocycles. The van der Waals surface area contributed by atoms with Crippen molar-refractivity contribution in [2.45, 2.75) is 19.4 Å². The number of rotatable bonds is 3. The van der Waals surface area contributed by atoms with Gasteiger partial charge in [0.05, 0.1) is 6.61 Å². The van der Waals surface area contributed by atoms with Gasteiger partial charge in [0, 0.05) is 5.02 Å². The summed E-state index contributed by atoms with van der Waals surface area (Å²) in [5.74, 6) is 0.268. The first-order chi connectivity index (χ1) is 6.17. The van der Waals surface area contributed by atoms with Gasteiger partial charge in [0.15, 0.2) is 0 Å². The van der Waals surface area contributed by atoms with Crippen molar-refractivity contribution in [2.75, 3.05) is 0 Å². The molecular weight excluding hydrogens is 184 g/mol. The summed E-state index contributed by atoms with van der Waals surface area (Å²) in [4.78, 5) is 0. The summed E-state index contributed by atoms with van der Waals surface area (Å²) in [6.07, 6.45) is 1.85. The number of halogens is 1. The maximum atomic E-state index is 8.96. The van der Waals surface area contributed by atoms with E-state index in [1.165, 1.54) is 0 Å². The molecule has 0 bridgehead atoms. The fourth-order valence-corrected chi connectivity index (χ4v) is 1.43. The Hall–Kier alpha value is -0.790. The Labute approximate surface area is 83.7 Å². The average molecular weight is 197 g/mol. The third kappa shape index (κ3) is 2.58. The van der Waals surface area contributed by atoms with E-state index in [1.54, 1.807) is 6.07 Å². The van der Waals surface area contributed by atoms with E-state index >= 15 is 0 Å². The van der Waals surface area contributed by atoms with Crippen LogP contribution in [-0.4, -0.2) is 5.11 Å². The van der Waals surface area contributed by atoms with Gasteiger partial charge >= 0.3 is 0 Å². The van der Waals surface area contributed by atoms with Gasteiger partial charge < -0.3 is 5.11 Å². The van der Waals surface area contributed by atoms with Crippen molar-refractivity contribution in [3.8, 4) is 0 Å². The second-order valence-electron chi connectivity index (χ2n) is 3.08. The van der Waals surface area contributed by atoms with Crippen LogP contribution in [0.15, 0.2) is 30.9 Å². The first kappa shape index (κ1) is 10.3. The lowest BCUT2D eigenvalue weighted by molar-refractivity contribution is 0.281. The van der Waals surface area contributed by atoms with E-state index in [-0.39, 0.29) is 12.5 Å². The van der Waals surface area contributed by atoms with Crippen LogP contribution in [0.3, 0.4) is 0 Å². The standard InChI is InChI=1S/C11H13ClO/c1-3-8(2)10-4-9(7-13)5-11(12)6-10/h3-6,8,13H,1,7H2,2H3. The van der Waals surface area contributed by atoms with Crippen LogP contribution in [0.1, 0.15) is 24.0 Å². The molecular formula is C11H13ClO. The van der Waals surface area contributed by atoms with Gasteiger partial charge in [-0.05, 0) is 29.2 Å². The Morgan fingerprint density at radius 3 is 2.77 bits per heavy atom. The smallest absolute Gasteiger partial charge is 0.0682 e. The molecule has 0 aliphatic heterocycles. The number of hydrogen-bond acceptors (Lipinski definition) is 1. The molecule has 0 radical (unpaired) electrons. The summed E-state index contributed by atoms with van der Waals surface area (Å²) in [6, 6.07) is 5.60. The van der Waals surface area contributed by atoms with Gasteiger partial charge in [-0.25, -0.2) is 0 Å². The highest BCUT2D eigenvalue weighted by molar-refractivity contribution is 6.30. The van der Waals surface area contributed by atoms with E-state index in [2.05, 4.69) is 6.58 Å². The maximum absolute atomic E-state index is 8.96. The van der Waals surface area contributed by atoms with Crippen LogP contribution >= 0.6 is 11.6 Å². The second kappa shape index (κ2) is 4.45. The first-order valence-electron chi connectivity index (χ1n) is 4.20. The largest absolute Gasteiger partial charge is 0.392 e. The van der Waals surface area contributed by atoms with Gasteiger partial charge in [-0.2, -0.15) is 0 Å². The van der Waals surface area contributed by atoms with E-state index in [9.17, 15) is 0 Å². The van der Waals surface area contributed by atoms with Crippen LogP contribution in [-0.2, 0) is 6.61 Å². The summed E-state index contributed by atoms with van der Waals surface area (Å²) >= 11 is 5.88. The third-order valence-corrected chi connectivity index (χ3v) is 2.26. The van der Waals surface area contributed by atoms with Crippen molar-refractivity contribution in [1.82, 2.24) is 0 Å². The Morgan fingerprint density at radius 1 is 1.54 bits per heavy atom.